The molecule has 2 aromatic rings. The van der Waals surface area contributed by atoms with E-state index in [4.69, 9.17) is 45.3 Å². The lowest BCUT2D eigenvalue weighted by molar-refractivity contribution is 0.474. The van der Waals surface area contributed by atoms with Crippen molar-refractivity contribution < 1.29 is 4.74 Å². The van der Waals surface area contributed by atoms with Gasteiger partial charge in [-0.3, -0.25) is 0 Å². The van der Waals surface area contributed by atoms with Crippen LogP contribution in [0.2, 0.25) is 15.1 Å². The van der Waals surface area contributed by atoms with Crippen LogP contribution in [-0.2, 0) is 6.42 Å². The zero-order valence-corrected chi connectivity index (χ0v) is 13.1. The molecule has 2 nitrogen and oxygen atoms in total. The second-order valence-corrected chi connectivity index (χ2v) is 5.80. The van der Waals surface area contributed by atoms with Crippen molar-refractivity contribution in [3.8, 4) is 11.5 Å². The van der Waals surface area contributed by atoms with E-state index in [1.807, 2.05) is 25.1 Å². The van der Waals surface area contributed by atoms with Crippen LogP contribution in [0, 0.1) is 0 Å². The normalized spacial score (nSPS) is 12.2. The molecule has 2 rings (SSSR count). The first-order valence-corrected chi connectivity index (χ1v) is 7.26. The van der Waals surface area contributed by atoms with Crippen LogP contribution in [0.25, 0.3) is 0 Å². The molecule has 106 valence electrons. The van der Waals surface area contributed by atoms with Crippen molar-refractivity contribution in [2.24, 2.45) is 5.73 Å². The zero-order valence-electron chi connectivity index (χ0n) is 10.9. The highest BCUT2D eigenvalue weighted by atomic mass is 35.5. The molecule has 2 aromatic carbocycles. The lowest BCUT2D eigenvalue weighted by Crippen LogP contribution is -2.18. The molecule has 2 N–H and O–H groups in total. The van der Waals surface area contributed by atoms with Gasteiger partial charge in [-0.1, -0.05) is 40.9 Å². The van der Waals surface area contributed by atoms with Crippen LogP contribution in [-0.4, -0.2) is 6.04 Å². The maximum Gasteiger partial charge on any atom is 0.132 e. The molecule has 5 heteroatoms. The predicted molar refractivity (Wildman–Crippen MR) is 85.3 cm³/mol. The summed E-state index contributed by atoms with van der Waals surface area (Å²) < 4.78 is 5.84. The standard InChI is InChI=1S/C15H14Cl3NO/c1-9(19)7-11-12(16)3-2-4-15(11)20-10-5-6-13(17)14(18)8-10/h2-6,8-9H,7,19H2,1H3. The van der Waals surface area contributed by atoms with E-state index in [9.17, 15) is 0 Å². The molecule has 0 aliphatic carbocycles. The van der Waals surface area contributed by atoms with E-state index >= 15 is 0 Å². The van der Waals surface area contributed by atoms with Gasteiger partial charge in [0.15, 0.2) is 0 Å². The van der Waals surface area contributed by atoms with Gasteiger partial charge in [-0.05, 0) is 37.6 Å². The summed E-state index contributed by atoms with van der Waals surface area (Å²) in [7, 11) is 0. The number of ether oxygens (including phenoxy) is 1. The minimum atomic E-state index is -0.00828. The van der Waals surface area contributed by atoms with E-state index in [0.29, 0.717) is 33.0 Å². The van der Waals surface area contributed by atoms with Gasteiger partial charge in [0.25, 0.3) is 0 Å². The summed E-state index contributed by atoms with van der Waals surface area (Å²) in [6, 6.07) is 10.6. The molecule has 0 saturated heterocycles. The Hall–Kier alpha value is -0.930. The number of halogens is 3. The average Bonchev–Trinajstić information content (AvgIpc) is 2.38. The number of hydrogen-bond donors (Lipinski definition) is 1. The van der Waals surface area contributed by atoms with Crippen molar-refractivity contribution in [1.29, 1.82) is 0 Å². The fourth-order valence-electron chi connectivity index (χ4n) is 1.82. The monoisotopic (exact) mass is 329 g/mol. The van der Waals surface area contributed by atoms with E-state index in [-0.39, 0.29) is 6.04 Å². The van der Waals surface area contributed by atoms with Crippen molar-refractivity contribution >= 4 is 34.8 Å². The molecule has 1 unspecified atom stereocenters. The highest BCUT2D eigenvalue weighted by molar-refractivity contribution is 6.42. The summed E-state index contributed by atoms with van der Waals surface area (Å²) in [4.78, 5) is 0. The van der Waals surface area contributed by atoms with Crippen LogP contribution < -0.4 is 10.5 Å². The van der Waals surface area contributed by atoms with Gasteiger partial charge >= 0.3 is 0 Å². The molecule has 0 spiro atoms. The van der Waals surface area contributed by atoms with E-state index in [1.165, 1.54) is 0 Å². The fraction of sp³-hybridized carbons (Fsp3) is 0.200. The van der Waals surface area contributed by atoms with Gasteiger partial charge in [-0.15, -0.1) is 0 Å². The van der Waals surface area contributed by atoms with Crippen molar-refractivity contribution in [3.63, 3.8) is 0 Å². The summed E-state index contributed by atoms with van der Waals surface area (Å²) >= 11 is 18.1. The van der Waals surface area contributed by atoms with Crippen LogP contribution in [0.15, 0.2) is 36.4 Å². The van der Waals surface area contributed by atoms with E-state index in [2.05, 4.69) is 0 Å². The molecule has 0 amide bonds. The fourth-order valence-corrected chi connectivity index (χ4v) is 2.35. The van der Waals surface area contributed by atoms with Gasteiger partial charge in [-0.2, -0.15) is 0 Å². The summed E-state index contributed by atoms with van der Waals surface area (Å²) in [5.41, 5.74) is 6.73. The molecular formula is C15H14Cl3NO. The quantitative estimate of drug-likeness (QED) is 0.822. The highest BCUT2D eigenvalue weighted by Crippen LogP contribution is 2.33. The third-order valence-electron chi connectivity index (χ3n) is 2.72. The van der Waals surface area contributed by atoms with Crippen molar-refractivity contribution in [2.45, 2.75) is 19.4 Å². The second-order valence-electron chi connectivity index (χ2n) is 4.58. The lowest BCUT2D eigenvalue weighted by atomic mass is 10.1. The average molecular weight is 331 g/mol. The molecule has 0 fully saturated rings. The van der Waals surface area contributed by atoms with Crippen LogP contribution in [0.4, 0.5) is 0 Å². The Labute approximate surface area is 133 Å². The molecule has 0 aromatic heterocycles. The molecule has 0 heterocycles. The summed E-state index contributed by atoms with van der Waals surface area (Å²) in [5.74, 6) is 1.28. The van der Waals surface area contributed by atoms with E-state index in [1.54, 1.807) is 18.2 Å². The van der Waals surface area contributed by atoms with Crippen molar-refractivity contribution in [2.75, 3.05) is 0 Å². The number of nitrogens with two attached hydrogens (primary N) is 1. The third kappa shape index (κ3) is 3.80. The first-order valence-electron chi connectivity index (χ1n) is 6.13. The van der Waals surface area contributed by atoms with Gasteiger partial charge in [-0.25, -0.2) is 0 Å². The largest absolute Gasteiger partial charge is 0.457 e. The van der Waals surface area contributed by atoms with Gasteiger partial charge in [0.2, 0.25) is 0 Å². The summed E-state index contributed by atoms with van der Waals surface area (Å²) in [5, 5.41) is 1.57. The lowest BCUT2D eigenvalue weighted by Gasteiger charge is -2.14. The van der Waals surface area contributed by atoms with Crippen LogP contribution in [0.3, 0.4) is 0 Å². The molecule has 1 atom stereocenters. The molecule has 0 saturated carbocycles. The first-order chi connectivity index (χ1) is 9.47. The second kappa shape index (κ2) is 6.68. The summed E-state index contributed by atoms with van der Waals surface area (Å²) in [6.07, 6.45) is 0.635. The Balaban J connectivity index is 2.32. The molecule has 0 aliphatic rings. The zero-order chi connectivity index (χ0) is 14.7. The van der Waals surface area contributed by atoms with Crippen LogP contribution in [0.1, 0.15) is 12.5 Å². The minimum Gasteiger partial charge on any atom is -0.457 e. The molecule has 0 radical (unpaired) electrons. The van der Waals surface area contributed by atoms with Gasteiger partial charge in [0.1, 0.15) is 11.5 Å². The van der Waals surface area contributed by atoms with Crippen LogP contribution in [0.5, 0.6) is 11.5 Å². The Bertz CT molecular complexity index is 614. The van der Waals surface area contributed by atoms with Gasteiger partial charge < -0.3 is 10.5 Å². The molecule has 0 bridgehead atoms. The topological polar surface area (TPSA) is 35.2 Å². The highest BCUT2D eigenvalue weighted by Gasteiger charge is 2.11. The van der Waals surface area contributed by atoms with Crippen molar-refractivity contribution in [3.05, 3.63) is 57.0 Å². The van der Waals surface area contributed by atoms with Gasteiger partial charge in [0.05, 0.1) is 10.0 Å². The Morgan fingerprint density at radius 1 is 1.05 bits per heavy atom. The van der Waals surface area contributed by atoms with Crippen LogP contribution >= 0.6 is 34.8 Å². The third-order valence-corrected chi connectivity index (χ3v) is 3.81. The van der Waals surface area contributed by atoms with Crippen molar-refractivity contribution in [1.82, 2.24) is 0 Å². The predicted octanol–water partition coefficient (Wildman–Crippen LogP) is 5.33. The SMILES string of the molecule is CC(N)Cc1c(Cl)cccc1Oc1ccc(Cl)c(Cl)c1. The number of hydrogen-bond acceptors (Lipinski definition) is 2. The smallest absolute Gasteiger partial charge is 0.132 e. The van der Waals surface area contributed by atoms with E-state index < -0.39 is 0 Å². The maximum atomic E-state index is 6.21. The number of benzene rings is 2. The molecule has 0 aliphatic heterocycles. The molecule has 20 heavy (non-hydrogen) atoms. The molecular weight excluding hydrogens is 317 g/mol. The number of rotatable bonds is 4. The van der Waals surface area contributed by atoms with E-state index in [0.717, 1.165) is 5.56 Å². The maximum absolute atomic E-state index is 6.21. The van der Waals surface area contributed by atoms with Gasteiger partial charge in [0, 0.05) is 22.7 Å². The Kier molecular flexibility index (Phi) is 5.17. The summed E-state index contributed by atoms with van der Waals surface area (Å²) in [6.45, 7) is 1.92. The first kappa shape index (κ1) is 15.5. The Morgan fingerprint density at radius 2 is 1.80 bits per heavy atom. The Morgan fingerprint density at radius 3 is 2.45 bits per heavy atom. The minimum absolute atomic E-state index is 0.00828.